The quantitative estimate of drug-likeness (QED) is 0.754. The van der Waals surface area contributed by atoms with Crippen molar-refractivity contribution in [1.82, 2.24) is 5.32 Å². The summed E-state index contributed by atoms with van der Waals surface area (Å²) in [5, 5.41) is 3.32. The Hall–Kier alpha value is -1.84. The van der Waals surface area contributed by atoms with Crippen molar-refractivity contribution in [2.24, 2.45) is 0 Å². The average molecular weight is 285 g/mol. The Balaban J connectivity index is 2.00. The highest BCUT2D eigenvalue weighted by Gasteiger charge is 2.09. The van der Waals surface area contributed by atoms with Crippen molar-refractivity contribution in [1.29, 1.82) is 0 Å². The van der Waals surface area contributed by atoms with Crippen LogP contribution in [0.1, 0.15) is 6.92 Å². The van der Waals surface area contributed by atoms with Gasteiger partial charge in [-0.05, 0) is 18.6 Å². The molecule has 0 heterocycles. The summed E-state index contributed by atoms with van der Waals surface area (Å²) in [6.07, 6.45) is 0.103. The molecule has 1 atom stereocenters. The van der Waals surface area contributed by atoms with Crippen LogP contribution in [0.25, 0.3) is 11.1 Å². The molecule has 3 nitrogen and oxygen atoms in total. The van der Waals surface area contributed by atoms with Gasteiger partial charge in [0.15, 0.2) is 0 Å². The van der Waals surface area contributed by atoms with Gasteiger partial charge in [-0.3, -0.25) is 0 Å². The summed E-state index contributed by atoms with van der Waals surface area (Å²) >= 11 is 0. The van der Waals surface area contributed by atoms with Crippen LogP contribution in [0.3, 0.4) is 0 Å². The molecule has 0 aliphatic carbocycles. The maximum absolute atomic E-state index is 6.08. The number of hydrogen-bond donors (Lipinski definition) is 1. The van der Waals surface area contributed by atoms with Crippen molar-refractivity contribution in [2.75, 3.05) is 26.8 Å². The van der Waals surface area contributed by atoms with Crippen LogP contribution >= 0.6 is 0 Å². The minimum Gasteiger partial charge on any atom is -0.489 e. The standard InChI is InChI=1S/C18H23NO2/c1-15(14-19-12-13-20-2)21-18-11-7-6-10-17(18)16-8-4-3-5-9-16/h3-11,15,19H,12-14H2,1-2H3. The monoisotopic (exact) mass is 285 g/mol. The fraction of sp³-hybridized carbons (Fsp3) is 0.333. The van der Waals surface area contributed by atoms with E-state index in [1.165, 1.54) is 5.56 Å². The molecular formula is C18H23NO2. The van der Waals surface area contributed by atoms with Gasteiger partial charge in [0, 0.05) is 25.8 Å². The van der Waals surface area contributed by atoms with E-state index in [1.54, 1.807) is 7.11 Å². The van der Waals surface area contributed by atoms with Gasteiger partial charge in [-0.2, -0.15) is 0 Å². The summed E-state index contributed by atoms with van der Waals surface area (Å²) < 4.78 is 11.1. The second-order valence-corrected chi connectivity index (χ2v) is 4.99. The molecule has 0 aromatic heterocycles. The van der Waals surface area contributed by atoms with Crippen LogP contribution in [-0.2, 0) is 4.74 Å². The topological polar surface area (TPSA) is 30.5 Å². The number of methoxy groups -OCH3 is 1. The lowest BCUT2D eigenvalue weighted by Gasteiger charge is -2.18. The second kappa shape index (κ2) is 8.45. The fourth-order valence-electron chi connectivity index (χ4n) is 2.16. The van der Waals surface area contributed by atoms with Crippen LogP contribution in [0.4, 0.5) is 0 Å². The number of rotatable bonds is 8. The Kier molecular flexibility index (Phi) is 6.25. The Morgan fingerprint density at radius 3 is 2.48 bits per heavy atom. The minimum atomic E-state index is 0.103. The number of para-hydroxylation sites is 1. The third-order valence-corrected chi connectivity index (χ3v) is 3.21. The summed E-state index contributed by atoms with van der Waals surface area (Å²) in [5.41, 5.74) is 2.30. The van der Waals surface area contributed by atoms with E-state index in [1.807, 2.05) is 36.4 Å². The summed E-state index contributed by atoms with van der Waals surface area (Å²) in [5.74, 6) is 0.921. The Morgan fingerprint density at radius 2 is 1.71 bits per heavy atom. The molecule has 0 radical (unpaired) electrons. The largest absolute Gasteiger partial charge is 0.489 e. The lowest BCUT2D eigenvalue weighted by atomic mass is 10.0. The first-order chi connectivity index (χ1) is 10.3. The molecule has 2 aromatic rings. The summed E-state index contributed by atoms with van der Waals surface area (Å²) in [6, 6.07) is 18.5. The first kappa shape index (κ1) is 15.5. The van der Waals surface area contributed by atoms with Crippen LogP contribution < -0.4 is 10.1 Å². The molecule has 0 aliphatic heterocycles. The van der Waals surface area contributed by atoms with Gasteiger partial charge in [-0.15, -0.1) is 0 Å². The van der Waals surface area contributed by atoms with Crippen molar-refractivity contribution in [2.45, 2.75) is 13.0 Å². The van der Waals surface area contributed by atoms with Gasteiger partial charge in [-0.1, -0.05) is 48.5 Å². The maximum Gasteiger partial charge on any atom is 0.127 e. The van der Waals surface area contributed by atoms with Gasteiger partial charge in [0.1, 0.15) is 11.9 Å². The molecule has 0 saturated heterocycles. The SMILES string of the molecule is COCCNCC(C)Oc1ccccc1-c1ccccc1. The highest BCUT2D eigenvalue weighted by atomic mass is 16.5. The van der Waals surface area contributed by atoms with Gasteiger partial charge < -0.3 is 14.8 Å². The molecule has 0 fully saturated rings. The van der Waals surface area contributed by atoms with E-state index in [0.717, 1.165) is 24.4 Å². The zero-order valence-electron chi connectivity index (χ0n) is 12.7. The van der Waals surface area contributed by atoms with Gasteiger partial charge in [-0.25, -0.2) is 0 Å². The molecule has 2 aromatic carbocycles. The van der Waals surface area contributed by atoms with Crippen LogP contribution in [-0.4, -0.2) is 32.9 Å². The van der Waals surface area contributed by atoms with Crippen molar-refractivity contribution in [3.05, 3.63) is 54.6 Å². The fourth-order valence-corrected chi connectivity index (χ4v) is 2.16. The normalized spacial score (nSPS) is 12.1. The molecule has 112 valence electrons. The highest BCUT2D eigenvalue weighted by molar-refractivity contribution is 5.70. The van der Waals surface area contributed by atoms with Gasteiger partial charge >= 0.3 is 0 Å². The molecule has 1 N–H and O–H groups in total. The smallest absolute Gasteiger partial charge is 0.127 e. The maximum atomic E-state index is 6.08. The number of ether oxygens (including phenoxy) is 2. The third kappa shape index (κ3) is 4.88. The first-order valence-corrected chi connectivity index (χ1v) is 7.32. The zero-order valence-corrected chi connectivity index (χ0v) is 12.7. The minimum absolute atomic E-state index is 0.103. The second-order valence-electron chi connectivity index (χ2n) is 4.99. The van der Waals surface area contributed by atoms with Crippen LogP contribution in [0.5, 0.6) is 5.75 Å². The molecule has 0 aliphatic rings. The first-order valence-electron chi connectivity index (χ1n) is 7.32. The molecule has 2 rings (SSSR count). The van der Waals surface area contributed by atoms with Crippen molar-refractivity contribution in [3.8, 4) is 16.9 Å². The van der Waals surface area contributed by atoms with Crippen molar-refractivity contribution >= 4 is 0 Å². The summed E-state index contributed by atoms with van der Waals surface area (Å²) in [7, 11) is 1.71. The molecule has 0 spiro atoms. The Morgan fingerprint density at radius 1 is 1.00 bits per heavy atom. The van der Waals surface area contributed by atoms with E-state index < -0.39 is 0 Å². The van der Waals surface area contributed by atoms with Gasteiger partial charge in [0.2, 0.25) is 0 Å². The van der Waals surface area contributed by atoms with Crippen LogP contribution in [0.15, 0.2) is 54.6 Å². The van der Waals surface area contributed by atoms with E-state index in [0.29, 0.717) is 6.61 Å². The van der Waals surface area contributed by atoms with Crippen LogP contribution in [0, 0.1) is 0 Å². The predicted octanol–water partition coefficient (Wildman–Crippen LogP) is 3.36. The molecule has 0 amide bonds. The number of nitrogens with one attached hydrogen (secondary N) is 1. The molecule has 0 bridgehead atoms. The van der Waals surface area contributed by atoms with E-state index >= 15 is 0 Å². The van der Waals surface area contributed by atoms with Crippen molar-refractivity contribution in [3.63, 3.8) is 0 Å². The highest BCUT2D eigenvalue weighted by Crippen LogP contribution is 2.30. The predicted molar refractivity (Wildman–Crippen MR) is 86.7 cm³/mol. The number of hydrogen-bond acceptors (Lipinski definition) is 3. The summed E-state index contributed by atoms with van der Waals surface area (Å²) in [6.45, 7) is 4.42. The molecule has 0 saturated carbocycles. The molecule has 1 unspecified atom stereocenters. The van der Waals surface area contributed by atoms with Gasteiger partial charge in [0.05, 0.1) is 6.61 Å². The third-order valence-electron chi connectivity index (χ3n) is 3.21. The van der Waals surface area contributed by atoms with E-state index in [4.69, 9.17) is 9.47 Å². The van der Waals surface area contributed by atoms with E-state index in [-0.39, 0.29) is 6.10 Å². The average Bonchev–Trinajstić information content (AvgIpc) is 2.53. The van der Waals surface area contributed by atoms with Gasteiger partial charge in [0.25, 0.3) is 0 Å². The molecular weight excluding hydrogens is 262 g/mol. The zero-order chi connectivity index (χ0) is 14.9. The molecule has 21 heavy (non-hydrogen) atoms. The lowest BCUT2D eigenvalue weighted by Crippen LogP contribution is -2.31. The van der Waals surface area contributed by atoms with E-state index in [2.05, 4.69) is 30.4 Å². The van der Waals surface area contributed by atoms with Crippen LogP contribution in [0.2, 0.25) is 0 Å². The summed E-state index contributed by atoms with van der Waals surface area (Å²) in [4.78, 5) is 0. The van der Waals surface area contributed by atoms with Crippen molar-refractivity contribution < 1.29 is 9.47 Å². The number of benzene rings is 2. The lowest BCUT2D eigenvalue weighted by molar-refractivity contribution is 0.184. The Bertz CT molecular complexity index is 528. The molecule has 3 heteroatoms. The Labute approximate surface area is 126 Å². The van der Waals surface area contributed by atoms with E-state index in [9.17, 15) is 0 Å².